The molecule has 4 nitrogen and oxygen atoms in total. The maximum atomic E-state index is 10.0. The van der Waals surface area contributed by atoms with Crippen LogP contribution < -0.4 is 4.74 Å². The molecule has 0 heterocycles. The van der Waals surface area contributed by atoms with E-state index in [1.807, 2.05) is 24.3 Å². The Morgan fingerprint density at radius 3 is 2.67 bits per heavy atom. The van der Waals surface area contributed by atoms with Crippen LogP contribution in [0.25, 0.3) is 0 Å². The lowest BCUT2D eigenvalue weighted by atomic mass is 10.2. The van der Waals surface area contributed by atoms with Gasteiger partial charge in [-0.3, -0.25) is 4.79 Å². The van der Waals surface area contributed by atoms with Crippen LogP contribution in [-0.2, 0) is 16.1 Å². The molecule has 0 radical (unpaired) electrons. The predicted molar refractivity (Wildman–Crippen MR) is 68.5 cm³/mol. The maximum absolute atomic E-state index is 10.0. The van der Waals surface area contributed by atoms with Gasteiger partial charge in [0.1, 0.15) is 12.0 Å². The molecule has 4 heteroatoms. The number of hydrogen-bond acceptors (Lipinski definition) is 4. The number of carbonyl (C=O) groups excluding carboxylic acids is 1. The van der Waals surface area contributed by atoms with Gasteiger partial charge in [0.25, 0.3) is 0 Å². The number of aliphatic hydroxyl groups excluding tert-OH is 1. The van der Waals surface area contributed by atoms with Crippen molar-refractivity contribution in [2.24, 2.45) is 0 Å². The lowest BCUT2D eigenvalue weighted by Crippen LogP contribution is -2.14. The van der Waals surface area contributed by atoms with Gasteiger partial charge < -0.3 is 14.6 Å². The third kappa shape index (κ3) is 5.61. The van der Waals surface area contributed by atoms with Crippen LogP contribution in [0, 0.1) is 0 Å². The van der Waals surface area contributed by atoms with Gasteiger partial charge >= 0.3 is 0 Å². The van der Waals surface area contributed by atoms with Crippen LogP contribution in [0.5, 0.6) is 5.75 Å². The molecule has 1 aromatic rings. The van der Waals surface area contributed by atoms with E-state index in [-0.39, 0.29) is 6.61 Å². The lowest BCUT2D eigenvalue weighted by Gasteiger charge is -2.09. The van der Waals surface area contributed by atoms with Crippen LogP contribution in [0.4, 0.5) is 0 Å². The summed E-state index contributed by atoms with van der Waals surface area (Å²) >= 11 is 0. The molecule has 0 saturated carbocycles. The molecular weight excluding hydrogens is 232 g/mol. The summed E-state index contributed by atoms with van der Waals surface area (Å²) in [7, 11) is 1.62. The fraction of sp³-hybridized carbons (Fsp3) is 0.357. The highest BCUT2D eigenvalue weighted by Crippen LogP contribution is 2.12. The number of aldehydes is 1. The van der Waals surface area contributed by atoms with E-state index in [4.69, 9.17) is 9.47 Å². The quantitative estimate of drug-likeness (QED) is 0.564. The number of methoxy groups -OCH3 is 1. The maximum Gasteiger partial charge on any atom is 0.142 e. The second-order valence-corrected chi connectivity index (χ2v) is 3.82. The molecule has 1 atom stereocenters. The minimum Gasteiger partial charge on any atom is -0.497 e. The van der Waals surface area contributed by atoms with Crippen molar-refractivity contribution in [2.45, 2.75) is 19.1 Å². The zero-order chi connectivity index (χ0) is 13.2. The van der Waals surface area contributed by atoms with Crippen LogP contribution in [-0.4, -0.2) is 31.2 Å². The number of aliphatic hydroxyl groups is 1. The summed E-state index contributed by atoms with van der Waals surface area (Å²) in [6.07, 6.45) is 3.51. The van der Waals surface area contributed by atoms with Gasteiger partial charge in [-0.2, -0.15) is 0 Å². The molecule has 0 aliphatic heterocycles. The van der Waals surface area contributed by atoms with E-state index in [1.165, 1.54) is 6.08 Å². The number of rotatable bonds is 8. The molecule has 98 valence electrons. The minimum absolute atomic E-state index is 0.245. The Bertz CT molecular complexity index is 370. The van der Waals surface area contributed by atoms with Gasteiger partial charge in [0, 0.05) is 0 Å². The highest BCUT2D eigenvalue weighted by molar-refractivity contribution is 5.64. The molecular formula is C14H18O4. The zero-order valence-corrected chi connectivity index (χ0v) is 10.4. The van der Waals surface area contributed by atoms with E-state index >= 15 is 0 Å². The molecule has 1 N–H and O–H groups in total. The smallest absolute Gasteiger partial charge is 0.142 e. The first-order chi connectivity index (χ1) is 8.76. The molecule has 0 fully saturated rings. The summed E-state index contributed by atoms with van der Waals surface area (Å²) in [5.74, 6) is 0.804. The highest BCUT2D eigenvalue weighted by Gasteiger charge is 2.02. The van der Waals surface area contributed by atoms with E-state index in [0.29, 0.717) is 19.3 Å². The summed E-state index contributed by atoms with van der Waals surface area (Å²) in [4.78, 5) is 10.0. The first-order valence-corrected chi connectivity index (χ1v) is 5.75. The normalized spacial score (nSPS) is 12.6. The van der Waals surface area contributed by atoms with Crippen molar-refractivity contribution in [3.05, 3.63) is 42.0 Å². The molecule has 0 amide bonds. The molecule has 0 saturated heterocycles. The van der Waals surface area contributed by atoms with E-state index < -0.39 is 6.10 Å². The second kappa shape index (κ2) is 8.44. The van der Waals surface area contributed by atoms with Gasteiger partial charge in [-0.05, 0) is 30.2 Å². The number of carbonyl (C=O) groups is 1. The Kier molecular flexibility index (Phi) is 6.76. The van der Waals surface area contributed by atoms with Gasteiger partial charge in [0.15, 0.2) is 0 Å². The number of allylic oxidation sites excluding steroid dienone is 1. The molecule has 0 aliphatic carbocycles. The molecule has 0 aliphatic rings. The van der Waals surface area contributed by atoms with E-state index in [0.717, 1.165) is 11.3 Å². The van der Waals surface area contributed by atoms with Crippen molar-refractivity contribution in [2.75, 3.05) is 13.7 Å². The van der Waals surface area contributed by atoms with Crippen molar-refractivity contribution in [1.82, 2.24) is 0 Å². The highest BCUT2D eigenvalue weighted by atomic mass is 16.5. The van der Waals surface area contributed by atoms with Crippen LogP contribution >= 0.6 is 0 Å². The summed E-state index contributed by atoms with van der Waals surface area (Å²) in [5, 5.41) is 9.52. The van der Waals surface area contributed by atoms with Crippen LogP contribution in [0.15, 0.2) is 36.4 Å². The molecule has 18 heavy (non-hydrogen) atoms. The van der Waals surface area contributed by atoms with Crippen molar-refractivity contribution in [1.29, 1.82) is 0 Å². The number of benzene rings is 1. The van der Waals surface area contributed by atoms with Gasteiger partial charge in [0.2, 0.25) is 0 Å². The van der Waals surface area contributed by atoms with Crippen molar-refractivity contribution < 1.29 is 19.4 Å². The Hall–Kier alpha value is -1.65. The molecule has 0 aromatic heterocycles. The van der Waals surface area contributed by atoms with Crippen molar-refractivity contribution in [3.63, 3.8) is 0 Å². The van der Waals surface area contributed by atoms with Gasteiger partial charge in [-0.1, -0.05) is 18.2 Å². The summed E-state index contributed by atoms with van der Waals surface area (Å²) in [6.45, 7) is 0.688. The van der Waals surface area contributed by atoms with Crippen molar-refractivity contribution in [3.8, 4) is 5.75 Å². The Morgan fingerprint density at radius 2 is 2.06 bits per heavy atom. The van der Waals surface area contributed by atoms with E-state index in [1.54, 1.807) is 13.2 Å². The largest absolute Gasteiger partial charge is 0.497 e. The fourth-order valence-electron chi connectivity index (χ4n) is 1.39. The monoisotopic (exact) mass is 250 g/mol. The topological polar surface area (TPSA) is 55.8 Å². The zero-order valence-electron chi connectivity index (χ0n) is 10.4. The molecule has 0 bridgehead atoms. The summed E-state index contributed by atoms with van der Waals surface area (Å²) in [6, 6.07) is 7.55. The lowest BCUT2D eigenvalue weighted by molar-refractivity contribution is -0.104. The van der Waals surface area contributed by atoms with E-state index in [2.05, 4.69) is 0 Å². The first-order valence-electron chi connectivity index (χ1n) is 5.75. The van der Waals surface area contributed by atoms with Crippen LogP contribution in [0.3, 0.4) is 0 Å². The van der Waals surface area contributed by atoms with Gasteiger partial charge in [-0.25, -0.2) is 0 Å². The van der Waals surface area contributed by atoms with Crippen LogP contribution in [0.1, 0.15) is 12.0 Å². The second-order valence-electron chi connectivity index (χ2n) is 3.82. The Morgan fingerprint density at radius 1 is 1.33 bits per heavy atom. The standard InChI is InChI=1S/C14H18O4/c1-17-14-7-5-12(6-8-14)10-18-11-13(16)4-2-3-9-15/h2-3,5-9,13,16H,4,10-11H2,1H3/b3-2+/t13-/m1/s1. The predicted octanol–water partition coefficient (Wildman–Crippen LogP) is 1.72. The molecule has 0 spiro atoms. The van der Waals surface area contributed by atoms with E-state index in [9.17, 15) is 9.90 Å². The summed E-state index contributed by atoms with van der Waals surface area (Å²) < 4.78 is 10.4. The van der Waals surface area contributed by atoms with Gasteiger partial charge in [-0.15, -0.1) is 0 Å². The molecule has 1 aromatic carbocycles. The summed E-state index contributed by atoms with van der Waals surface area (Å²) in [5.41, 5.74) is 1.02. The Labute approximate surface area is 107 Å². The van der Waals surface area contributed by atoms with Crippen molar-refractivity contribution >= 4 is 6.29 Å². The molecule has 0 unspecified atom stereocenters. The average molecular weight is 250 g/mol. The minimum atomic E-state index is -0.584. The average Bonchev–Trinajstić information content (AvgIpc) is 2.40. The van der Waals surface area contributed by atoms with Crippen LogP contribution in [0.2, 0.25) is 0 Å². The van der Waals surface area contributed by atoms with Gasteiger partial charge in [0.05, 0.1) is 26.4 Å². The molecule has 1 rings (SSSR count). The fourth-order valence-corrected chi connectivity index (χ4v) is 1.39. The third-order valence-corrected chi connectivity index (χ3v) is 2.36. The number of ether oxygens (including phenoxy) is 2. The number of hydrogen-bond donors (Lipinski definition) is 1. The first kappa shape index (κ1) is 14.4. The third-order valence-electron chi connectivity index (χ3n) is 2.36. The Balaban J connectivity index is 2.23. The SMILES string of the molecule is COc1ccc(COC[C@H](O)C/C=C/C=O)cc1.